The van der Waals surface area contributed by atoms with E-state index < -0.39 is 6.04 Å². The average molecular weight is 276 g/mol. The number of hydrogen-bond donors (Lipinski definition) is 1. The van der Waals surface area contributed by atoms with Gasteiger partial charge in [0.25, 0.3) is 0 Å². The number of carbonyl (C=O) groups excluding carboxylic acids is 2. The number of benzene rings is 1. The zero-order valence-corrected chi connectivity index (χ0v) is 12.6. The molecule has 0 fully saturated rings. The monoisotopic (exact) mass is 276 g/mol. The molecule has 0 aromatic heterocycles. The molecule has 0 bridgehead atoms. The summed E-state index contributed by atoms with van der Waals surface area (Å²) in [7, 11) is 0. The first kappa shape index (κ1) is 16.2. The summed E-state index contributed by atoms with van der Waals surface area (Å²) in [6, 6.07) is 9.29. The molecule has 1 atom stereocenters. The predicted octanol–water partition coefficient (Wildman–Crippen LogP) is 2.34. The van der Waals surface area contributed by atoms with Gasteiger partial charge in [-0.15, -0.1) is 0 Å². The Labute approximate surface area is 121 Å². The minimum atomic E-state index is -0.450. The molecule has 0 unspecified atom stereocenters. The molecule has 0 aliphatic rings. The van der Waals surface area contributed by atoms with Gasteiger partial charge in [0.2, 0.25) is 11.8 Å². The Morgan fingerprint density at radius 2 is 1.85 bits per heavy atom. The zero-order chi connectivity index (χ0) is 15.0. The van der Waals surface area contributed by atoms with Crippen LogP contribution in [0.2, 0.25) is 0 Å². The van der Waals surface area contributed by atoms with Gasteiger partial charge in [0.1, 0.15) is 6.04 Å². The molecular weight excluding hydrogens is 252 g/mol. The van der Waals surface area contributed by atoms with Crippen LogP contribution in [0.3, 0.4) is 0 Å². The maximum Gasteiger partial charge on any atom is 0.242 e. The maximum atomic E-state index is 12.1. The van der Waals surface area contributed by atoms with Crippen molar-refractivity contribution >= 4 is 11.8 Å². The van der Waals surface area contributed by atoms with Gasteiger partial charge in [-0.2, -0.15) is 0 Å². The highest BCUT2D eigenvalue weighted by Gasteiger charge is 2.24. The summed E-state index contributed by atoms with van der Waals surface area (Å²) >= 11 is 0. The normalized spacial score (nSPS) is 11.8. The molecule has 0 saturated heterocycles. The van der Waals surface area contributed by atoms with Crippen molar-refractivity contribution < 1.29 is 9.59 Å². The molecule has 0 aliphatic carbocycles. The lowest BCUT2D eigenvalue weighted by atomic mass is 10.1. The Balaban J connectivity index is 2.78. The highest BCUT2D eigenvalue weighted by Crippen LogP contribution is 2.10. The van der Waals surface area contributed by atoms with E-state index in [1.807, 2.05) is 44.2 Å². The molecule has 1 aromatic carbocycles. The highest BCUT2D eigenvalue weighted by atomic mass is 16.2. The average Bonchev–Trinajstić information content (AvgIpc) is 2.49. The van der Waals surface area contributed by atoms with Crippen LogP contribution in [0.4, 0.5) is 0 Å². The van der Waals surface area contributed by atoms with Crippen molar-refractivity contribution in [1.82, 2.24) is 10.2 Å². The molecule has 0 heterocycles. The minimum Gasteiger partial charge on any atom is -0.354 e. The summed E-state index contributed by atoms with van der Waals surface area (Å²) in [4.78, 5) is 25.8. The molecule has 4 nitrogen and oxygen atoms in total. The number of nitrogens with one attached hydrogen (secondary N) is 1. The smallest absolute Gasteiger partial charge is 0.242 e. The van der Waals surface area contributed by atoms with Gasteiger partial charge in [0.15, 0.2) is 0 Å². The molecule has 0 spiro atoms. The molecule has 2 amide bonds. The number of nitrogens with zero attached hydrogens (tertiary/aromatic N) is 1. The van der Waals surface area contributed by atoms with Crippen LogP contribution in [0.1, 0.15) is 39.2 Å². The van der Waals surface area contributed by atoms with Gasteiger partial charge < -0.3 is 10.2 Å². The lowest BCUT2D eigenvalue weighted by molar-refractivity contribution is -0.140. The van der Waals surface area contributed by atoms with Crippen LogP contribution in [-0.4, -0.2) is 29.3 Å². The van der Waals surface area contributed by atoms with Gasteiger partial charge in [0, 0.05) is 19.5 Å². The molecule has 0 aliphatic heterocycles. The van der Waals surface area contributed by atoms with Crippen molar-refractivity contribution in [2.24, 2.45) is 0 Å². The summed E-state index contributed by atoms with van der Waals surface area (Å²) in [5.41, 5.74) is 1.03. The lowest BCUT2D eigenvalue weighted by Crippen LogP contribution is -2.47. The quantitative estimate of drug-likeness (QED) is 0.831. The standard InChI is InChI=1S/C16H24N2O2/c1-4-11-17-16(20)13(3)18(15(19)5-2)12-14-9-7-6-8-10-14/h6-10,13H,4-5,11-12H2,1-3H3,(H,17,20)/t13-/m1/s1. The first-order valence-electron chi connectivity index (χ1n) is 7.21. The molecule has 1 aromatic rings. The zero-order valence-electron chi connectivity index (χ0n) is 12.6. The Morgan fingerprint density at radius 3 is 2.40 bits per heavy atom. The molecule has 0 saturated carbocycles. The van der Waals surface area contributed by atoms with E-state index in [0.29, 0.717) is 19.5 Å². The topological polar surface area (TPSA) is 49.4 Å². The third kappa shape index (κ3) is 4.68. The van der Waals surface area contributed by atoms with E-state index in [1.165, 1.54) is 0 Å². The Morgan fingerprint density at radius 1 is 1.20 bits per heavy atom. The molecule has 1 N–H and O–H groups in total. The fourth-order valence-corrected chi connectivity index (χ4v) is 1.96. The van der Waals surface area contributed by atoms with Crippen molar-refractivity contribution in [3.05, 3.63) is 35.9 Å². The largest absolute Gasteiger partial charge is 0.354 e. The van der Waals surface area contributed by atoms with Gasteiger partial charge in [-0.05, 0) is 18.9 Å². The molecule has 1 rings (SSSR count). The number of rotatable bonds is 7. The van der Waals surface area contributed by atoms with Crippen LogP contribution in [0, 0.1) is 0 Å². The Bertz CT molecular complexity index is 431. The lowest BCUT2D eigenvalue weighted by Gasteiger charge is -2.28. The van der Waals surface area contributed by atoms with Crippen molar-refractivity contribution in [3.63, 3.8) is 0 Å². The summed E-state index contributed by atoms with van der Waals surface area (Å²) in [6.45, 7) is 6.71. The van der Waals surface area contributed by atoms with Crippen LogP contribution < -0.4 is 5.32 Å². The fraction of sp³-hybridized carbons (Fsp3) is 0.500. The van der Waals surface area contributed by atoms with E-state index >= 15 is 0 Å². The van der Waals surface area contributed by atoms with Crippen LogP contribution in [0.25, 0.3) is 0 Å². The van der Waals surface area contributed by atoms with E-state index in [2.05, 4.69) is 5.32 Å². The van der Waals surface area contributed by atoms with Gasteiger partial charge in [-0.1, -0.05) is 44.2 Å². The summed E-state index contributed by atoms with van der Waals surface area (Å²) in [6.07, 6.45) is 1.29. The Hall–Kier alpha value is -1.84. The fourth-order valence-electron chi connectivity index (χ4n) is 1.96. The second-order valence-electron chi connectivity index (χ2n) is 4.83. The SMILES string of the molecule is CCCNC(=O)[C@@H](C)N(Cc1ccccc1)C(=O)CC. The second kappa shape index (κ2) is 8.35. The number of carbonyl (C=O) groups is 2. The van der Waals surface area contributed by atoms with Gasteiger partial charge in [0.05, 0.1) is 0 Å². The number of hydrogen-bond acceptors (Lipinski definition) is 2. The van der Waals surface area contributed by atoms with Gasteiger partial charge >= 0.3 is 0 Å². The maximum absolute atomic E-state index is 12.1. The van der Waals surface area contributed by atoms with Gasteiger partial charge in [-0.25, -0.2) is 0 Å². The van der Waals surface area contributed by atoms with Crippen LogP contribution >= 0.6 is 0 Å². The van der Waals surface area contributed by atoms with Crippen molar-refractivity contribution in [2.75, 3.05) is 6.54 Å². The van der Waals surface area contributed by atoms with Crippen LogP contribution in [-0.2, 0) is 16.1 Å². The van der Waals surface area contributed by atoms with Gasteiger partial charge in [-0.3, -0.25) is 9.59 Å². The molecule has 4 heteroatoms. The number of amides is 2. The van der Waals surface area contributed by atoms with Crippen molar-refractivity contribution in [1.29, 1.82) is 0 Å². The first-order valence-corrected chi connectivity index (χ1v) is 7.21. The third-order valence-corrected chi connectivity index (χ3v) is 3.21. The van der Waals surface area contributed by atoms with Crippen molar-refractivity contribution in [3.8, 4) is 0 Å². The molecule has 110 valence electrons. The van der Waals surface area contributed by atoms with E-state index in [4.69, 9.17) is 0 Å². The Kier molecular flexibility index (Phi) is 6.77. The second-order valence-corrected chi connectivity index (χ2v) is 4.83. The van der Waals surface area contributed by atoms with Crippen LogP contribution in [0.5, 0.6) is 0 Å². The highest BCUT2D eigenvalue weighted by molar-refractivity contribution is 5.87. The van der Waals surface area contributed by atoms with E-state index in [1.54, 1.807) is 11.8 Å². The van der Waals surface area contributed by atoms with Crippen LogP contribution in [0.15, 0.2) is 30.3 Å². The summed E-state index contributed by atoms with van der Waals surface area (Å²) < 4.78 is 0. The molecule has 0 radical (unpaired) electrons. The summed E-state index contributed by atoms with van der Waals surface area (Å²) in [5, 5.41) is 2.84. The first-order chi connectivity index (χ1) is 9.60. The van der Waals surface area contributed by atoms with E-state index in [9.17, 15) is 9.59 Å². The van der Waals surface area contributed by atoms with E-state index in [0.717, 1.165) is 12.0 Å². The van der Waals surface area contributed by atoms with Crippen molar-refractivity contribution in [2.45, 2.75) is 46.2 Å². The molecule has 20 heavy (non-hydrogen) atoms. The predicted molar refractivity (Wildman–Crippen MR) is 80.0 cm³/mol. The minimum absolute atomic E-state index is 0.00648. The third-order valence-electron chi connectivity index (χ3n) is 3.21. The van der Waals surface area contributed by atoms with E-state index in [-0.39, 0.29) is 11.8 Å². The summed E-state index contributed by atoms with van der Waals surface area (Å²) in [5.74, 6) is -0.0995. The molecular formula is C16H24N2O2.